The second-order valence-electron chi connectivity index (χ2n) is 7.08. The fourth-order valence-electron chi connectivity index (χ4n) is 3.97. The Morgan fingerprint density at radius 1 is 1.17 bits per heavy atom. The molecule has 1 heterocycles. The lowest BCUT2D eigenvalue weighted by molar-refractivity contribution is -0.0572. The Kier molecular flexibility index (Phi) is 4.56. The van der Waals surface area contributed by atoms with E-state index in [4.69, 9.17) is 14.2 Å². The smallest absolute Gasteiger partial charge is 0.123 e. The van der Waals surface area contributed by atoms with E-state index in [1.165, 1.54) is 24.8 Å². The van der Waals surface area contributed by atoms with Crippen molar-refractivity contribution in [1.82, 2.24) is 4.90 Å². The topological polar surface area (TPSA) is 30.9 Å². The van der Waals surface area contributed by atoms with Crippen LogP contribution in [0.2, 0.25) is 0 Å². The van der Waals surface area contributed by atoms with Gasteiger partial charge < -0.3 is 14.2 Å². The first kappa shape index (κ1) is 15.4. The molecule has 2 aliphatic carbocycles. The lowest BCUT2D eigenvalue weighted by Crippen LogP contribution is -2.43. The Hall–Kier alpha value is -1.10. The van der Waals surface area contributed by atoms with Gasteiger partial charge in [0.15, 0.2) is 0 Å². The highest BCUT2D eigenvalue weighted by atomic mass is 16.5. The van der Waals surface area contributed by atoms with E-state index >= 15 is 0 Å². The highest BCUT2D eigenvalue weighted by Gasteiger charge is 2.43. The molecule has 0 radical (unpaired) electrons. The molecule has 1 aromatic rings. The second kappa shape index (κ2) is 6.80. The average Bonchev–Trinajstić information content (AvgIpc) is 3.32. The first-order valence-corrected chi connectivity index (χ1v) is 8.94. The zero-order valence-electron chi connectivity index (χ0n) is 13.9. The summed E-state index contributed by atoms with van der Waals surface area (Å²) in [6.07, 6.45) is 5.52. The molecular formula is C19H27NO3. The van der Waals surface area contributed by atoms with E-state index in [0.717, 1.165) is 44.4 Å². The maximum absolute atomic E-state index is 6.30. The van der Waals surface area contributed by atoms with Crippen molar-refractivity contribution in [1.29, 1.82) is 0 Å². The van der Waals surface area contributed by atoms with Crippen LogP contribution in [0.1, 0.15) is 31.2 Å². The zero-order chi connectivity index (χ0) is 15.6. The van der Waals surface area contributed by atoms with Crippen molar-refractivity contribution in [3.63, 3.8) is 0 Å². The van der Waals surface area contributed by atoms with Crippen LogP contribution in [-0.4, -0.2) is 50.0 Å². The monoisotopic (exact) mass is 317 g/mol. The van der Waals surface area contributed by atoms with E-state index in [-0.39, 0.29) is 6.10 Å². The minimum absolute atomic E-state index is 0.243. The number of nitrogens with zero attached hydrogens (tertiary/aromatic N) is 1. The van der Waals surface area contributed by atoms with Crippen LogP contribution >= 0.6 is 0 Å². The number of hydrogen-bond donors (Lipinski definition) is 0. The molecule has 4 rings (SSSR count). The van der Waals surface area contributed by atoms with Gasteiger partial charge >= 0.3 is 0 Å². The van der Waals surface area contributed by atoms with Crippen LogP contribution in [0.3, 0.4) is 0 Å². The molecule has 0 spiro atoms. The first-order chi connectivity index (χ1) is 11.3. The highest BCUT2D eigenvalue weighted by Crippen LogP contribution is 2.36. The number of fused-ring (bicyclic) bond motifs is 2. The van der Waals surface area contributed by atoms with Crippen LogP contribution in [-0.2, 0) is 16.0 Å². The third kappa shape index (κ3) is 3.39. The largest absolute Gasteiger partial charge is 0.496 e. The van der Waals surface area contributed by atoms with Crippen LogP contribution in [0.15, 0.2) is 24.3 Å². The molecule has 126 valence electrons. The first-order valence-electron chi connectivity index (χ1n) is 8.94. The molecule has 1 aliphatic heterocycles. The van der Waals surface area contributed by atoms with Crippen LogP contribution in [0.4, 0.5) is 0 Å². The molecule has 3 fully saturated rings. The maximum atomic E-state index is 6.30. The van der Waals surface area contributed by atoms with Crippen molar-refractivity contribution in [3.05, 3.63) is 29.8 Å². The molecule has 1 saturated heterocycles. The van der Waals surface area contributed by atoms with E-state index in [2.05, 4.69) is 17.0 Å². The standard InChI is InChI=1S/C19H27NO3/c1-21-17-5-3-2-4-15(17)12-20-10-11-22-18-9-8-16(20)19(18)23-13-14-6-7-14/h2-5,14,16,18-19H,6-13H2,1H3/t16-,18-,19+/m0/s1. The van der Waals surface area contributed by atoms with Gasteiger partial charge in [-0.05, 0) is 37.7 Å². The second-order valence-corrected chi connectivity index (χ2v) is 7.08. The number of rotatable bonds is 6. The fourth-order valence-corrected chi connectivity index (χ4v) is 3.97. The molecule has 0 N–H and O–H groups in total. The van der Waals surface area contributed by atoms with E-state index in [0.29, 0.717) is 12.1 Å². The lowest BCUT2D eigenvalue weighted by atomic mass is 10.1. The van der Waals surface area contributed by atoms with Gasteiger partial charge in [0.2, 0.25) is 0 Å². The van der Waals surface area contributed by atoms with Gasteiger partial charge in [-0.2, -0.15) is 0 Å². The molecule has 3 aliphatic rings. The minimum Gasteiger partial charge on any atom is -0.496 e. The molecule has 4 nitrogen and oxygen atoms in total. The molecule has 2 bridgehead atoms. The van der Waals surface area contributed by atoms with E-state index in [1.54, 1.807) is 7.11 Å². The van der Waals surface area contributed by atoms with E-state index < -0.39 is 0 Å². The fraction of sp³-hybridized carbons (Fsp3) is 0.684. The molecule has 0 unspecified atom stereocenters. The number of benzene rings is 1. The quantitative estimate of drug-likeness (QED) is 0.807. The molecule has 0 aromatic heterocycles. The maximum Gasteiger partial charge on any atom is 0.123 e. The van der Waals surface area contributed by atoms with Crippen LogP contribution in [0, 0.1) is 5.92 Å². The van der Waals surface area contributed by atoms with Crippen LogP contribution < -0.4 is 4.74 Å². The van der Waals surface area contributed by atoms with Gasteiger partial charge in [0.05, 0.1) is 25.9 Å². The highest BCUT2D eigenvalue weighted by molar-refractivity contribution is 5.33. The summed E-state index contributed by atoms with van der Waals surface area (Å²) >= 11 is 0. The zero-order valence-corrected chi connectivity index (χ0v) is 13.9. The number of methoxy groups -OCH3 is 1. The van der Waals surface area contributed by atoms with Gasteiger partial charge in [-0.1, -0.05) is 18.2 Å². The predicted molar refractivity (Wildman–Crippen MR) is 88.6 cm³/mol. The number of hydrogen-bond acceptors (Lipinski definition) is 4. The van der Waals surface area contributed by atoms with Gasteiger partial charge in [-0.15, -0.1) is 0 Å². The van der Waals surface area contributed by atoms with Gasteiger partial charge in [-0.25, -0.2) is 0 Å². The molecule has 3 atom stereocenters. The van der Waals surface area contributed by atoms with Crippen molar-refractivity contribution in [2.75, 3.05) is 26.9 Å². The Labute approximate surface area is 138 Å². The summed E-state index contributed by atoms with van der Waals surface area (Å²) in [6, 6.07) is 8.80. The third-order valence-corrected chi connectivity index (χ3v) is 5.46. The number of ether oxygens (including phenoxy) is 3. The SMILES string of the molecule is COc1ccccc1CN1CCO[C@H]2CC[C@H]1[C@H]2OCC1CC1. The van der Waals surface area contributed by atoms with Crippen LogP contribution in [0.5, 0.6) is 5.75 Å². The Balaban J connectivity index is 1.48. The summed E-state index contributed by atoms with van der Waals surface area (Å²) in [5.74, 6) is 1.78. The van der Waals surface area contributed by atoms with Crippen molar-refractivity contribution in [3.8, 4) is 5.75 Å². The summed E-state index contributed by atoms with van der Waals surface area (Å²) in [6.45, 7) is 3.61. The van der Waals surface area contributed by atoms with Gasteiger partial charge in [0.25, 0.3) is 0 Å². The number of para-hydroxylation sites is 1. The summed E-state index contributed by atoms with van der Waals surface area (Å²) in [5.41, 5.74) is 1.25. The van der Waals surface area contributed by atoms with E-state index in [1.807, 2.05) is 12.1 Å². The van der Waals surface area contributed by atoms with Crippen LogP contribution in [0.25, 0.3) is 0 Å². The van der Waals surface area contributed by atoms with Gasteiger partial charge in [0, 0.05) is 31.3 Å². The van der Waals surface area contributed by atoms with Gasteiger partial charge in [0.1, 0.15) is 5.75 Å². The van der Waals surface area contributed by atoms with Crippen molar-refractivity contribution in [2.45, 2.75) is 50.5 Å². The molecule has 4 heteroatoms. The average molecular weight is 317 g/mol. The molecular weight excluding hydrogens is 290 g/mol. The lowest BCUT2D eigenvalue weighted by Gasteiger charge is -2.31. The van der Waals surface area contributed by atoms with Crippen molar-refractivity contribution in [2.24, 2.45) is 5.92 Å². The van der Waals surface area contributed by atoms with E-state index in [9.17, 15) is 0 Å². The minimum atomic E-state index is 0.243. The summed E-state index contributed by atoms with van der Waals surface area (Å²) < 4.78 is 17.9. The Morgan fingerprint density at radius 2 is 2.04 bits per heavy atom. The summed E-state index contributed by atoms with van der Waals surface area (Å²) in [4.78, 5) is 2.54. The molecule has 0 amide bonds. The molecule has 1 aromatic carbocycles. The Morgan fingerprint density at radius 3 is 2.87 bits per heavy atom. The molecule has 2 saturated carbocycles. The summed E-state index contributed by atoms with van der Waals surface area (Å²) in [7, 11) is 1.75. The van der Waals surface area contributed by atoms with Gasteiger partial charge in [-0.3, -0.25) is 4.90 Å². The normalized spacial score (nSPS) is 31.1. The van der Waals surface area contributed by atoms with Crippen molar-refractivity contribution >= 4 is 0 Å². The third-order valence-electron chi connectivity index (χ3n) is 5.46. The predicted octanol–water partition coefficient (Wildman–Crippen LogP) is 2.85. The molecule has 23 heavy (non-hydrogen) atoms. The Bertz CT molecular complexity index is 531. The summed E-state index contributed by atoms with van der Waals surface area (Å²) in [5, 5.41) is 0. The van der Waals surface area contributed by atoms with Crippen molar-refractivity contribution < 1.29 is 14.2 Å².